The third-order valence-electron chi connectivity index (χ3n) is 2.37. The molecule has 1 heterocycles. The number of nitrogen functional groups attached to an aromatic ring is 1. The summed E-state index contributed by atoms with van der Waals surface area (Å²) in [6.45, 7) is 2.43. The predicted molar refractivity (Wildman–Crippen MR) is 66.2 cm³/mol. The van der Waals surface area contributed by atoms with E-state index in [1.165, 1.54) is 0 Å². The van der Waals surface area contributed by atoms with Crippen molar-refractivity contribution in [3.63, 3.8) is 0 Å². The molecule has 4 N–H and O–H groups in total. The molecule has 0 aliphatic carbocycles. The minimum absolute atomic E-state index is 0.527. The number of hydrogen-bond acceptors (Lipinski definition) is 4. The zero-order valence-corrected chi connectivity index (χ0v) is 9.49. The Morgan fingerprint density at radius 1 is 1.53 bits per heavy atom. The highest BCUT2D eigenvalue weighted by atomic mass is 15.1. The lowest BCUT2D eigenvalue weighted by atomic mass is 10.1. The molecule has 0 aliphatic heterocycles. The molecule has 0 aliphatic rings. The van der Waals surface area contributed by atoms with Gasteiger partial charge in [0.15, 0.2) is 5.82 Å². The maximum atomic E-state index is 8.79. The number of H-pyrrole nitrogens is 1. The Hall–Kier alpha value is -2.48. The number of nitriles is 1. The summed E-state index contributed by atoms with van der Waals surface area (Å²) in [6.07, 6.45) is 0. The fourth-order valence-corrected chi connectivity index (χ4v) is 1.58. The zero-order chi connectivity index (χ0) is 12.3. The Balaban J connectivity index is 2.07. The lowest BCUT2D eigenvalue weighted by molar-refractivity contribution is 1.10. The Morgan fingerprint density at radius 2 is 2.35 bits per heavy atom. The van der Waals surface area contributed by atoms with Crippen LogP contribution in [0.25, 0.3) is 0 Å². The number of benzene rings is 1. The van der Waals surface area contributed by atoms with Crippen molar-refractivity contribution in [2.24, 2.45) is 0 Å². The fraction of sp³-hybridized carbons (Fsp3) is 0.167. The molecule has 0 amide bonds. The van der Waals surface area contributed by atoms with Crippen LogP contribution in [-0.4, -0.2) is 9.97 Å². The Morgan fingerprint density at radius 3 is 3.00 bits per heavy atom. The highest BCUT2D eigenvalue weighted by molar-refractivity contribution is 5.57. The SMILES string of the molecule is Cc1nc(NCc2cccc(C#N)c2)c(N)[nH]1. The highest BCUT2D eigenvalue weighted by Gasteiger charge is 2.04. The van der Waals surface area contributed by atoms with Gasteiger partial charge in [-0.25, -0.2) is 4.98 Å². The first-order valence-corrected chi connectivity index (χ1v) is 5.24. The number of imidazole rings is 1. The largest absolute Gasteiger partial charge is 0.382 e. The van der Waals surface area contributed by atoms with E-state index >= 15 is 0 Å². The van der Waals surface area contributed by atoms with Gasteiger partial charge >= 0.3 is 0 Å². The number of aromatic amines is 1. The Labute approximate surface area is 99.3 Å². The molecule has 17 heavy (non-hydrogen) atoms. The van der Waals surface area contributed by atoms with Gasteiger partial charge in [-0.05, 0) is 24.6 Å². The van der Waals surface area contributed by atoms with Crippen molar-refractivity contribution in [2.75, 3.05) is 11.1 Å². The number of hydrogen-bond donors (Lipinski definition) is 3. The van der Waals surface area contributed by atoms with E-state index in [1.807, 2.05) is 25.1 Å². The molecule has 5 nitrogen and oxygen atoms in total. The minimum atomic E-state index is 0.527. The second kappa shape index (κ2) is 4.58. The van der Waals surface area contributed by atoms with Crippen LogP contribution in [-0.2, 0) is 6.54 Å². The summed E-state index contributed by atoms with van der Waals surface area (Å²) >= 11 is 0. The maximum absolute atomic E-state index is 8.79. The quantitative estimate of drug-likeness (QED) is 0.745. The van der Waals surface area contributed by atoms with Gasteiger partial charge in [0, 0.05) is 6.54 Å². The molecule has 1 aromatic carbocycles. The number of aromatic nitrogens is 2. The minimum Gasteiger partial charge on any atom is -0.382 e. The van der Waals surface area contributed by atoms with E-state index in [9.17, 15) is 0 Å². The number of anilines is 2. The highest BCUT2D eigenvalue weighted by Crippen LogP contribution is 2.15. The van der Waals surface area contributed by atoms with Crippen LogP contribution in [0.5, 0.6) is 0 Å². The number of nitrogens with one attached hydrogen (secondary N) is 2. The van der Waals surface area contributed by atoms with Crippen LogP contribution >= 0.6 is 0 Å². The van der Waals surface area contributed by atoms with Gasteiger partial charge in [0.05, 0.1) is 11.6 Å². The van der Waals surface area contributed by atoms with Gasteiger partial charge in [-0.3, -0.25) is 0 Å². The van der Waals surface area contributed by atoms with Crippen LogP contribution in [0, 0.1) is 18.3 Å². The molecule has 0 saturated heterocycles. The molecule has 2 rings (SSSR count). The number of nitrogens with two attached hydrogens (primary N) is 1. The fourth-order valence-electron chi connectivity index (χ4n) is 1.58. The summed E-state index contributed by atoms with van der Waals surface area (Å²) in [6, 6.07) is 9.52. The summed E-state index contributed by atoms with van der Waals surface area (Å²) in [5.41, 5.74) is 7.39. The van der Waals surface area contributed by atoms with Crippen LogP contribution in [0.2, 0.25) is 0 Å². The Bertz CT molecular complexity index is 565. The van der Waals surface area contributed by atoms with Gasteiger partial charge in [-0.2, -0.15) is 5.26 Å². The first-order valence-electron chi connectivity index (χ1n) is 5.24. The third kappa shape index (κ3) is 2.55. The third-order valence-corrected chi connectivity index (χ3v) is 2.37. The molecule has 0 spiro atoms. The molecule has 1 aromatic heterocycles. The molecule has 0 fully saturated rings. The molecule has 2 aromatic rings. The van der Waals surface area contributed by atoms with E-state index in [4.69, 9.17) is 11.0 Å². The van der Waals surface area contributed by atoms with Crippen LogP contribution in [0.1, 0.15) is 17.0 Å². The molecule has 5 heteroatoms. The van der Waals surface area contributed by atoms with Crippen molar-refractivity contribution in [3.05, 3.63) is 41.2 Å². The van der Waals surface area contributed by atoms with Crippen molar-refractivity contribution in [1.82, 2.24) is 9.97 Å². The predicted octanol–water partition coefficient (Wildman–Crippen LogP) is 1.78. The first kappa shape index (κ1) is 11.0. The molecular formula is C12H13N5. The van der Waals surface area contributed by atoms with E-state index in [-0.39, 0.29) is 0 Å². The van der Waals surface area contributed by atoms with E-state index in [0.717, 1.165) is 11.4 Å². The van der Waals surface area contributed by atoms with Crippen LogP contribution in [0.4, 0.5) is 11.6 Å². The number of aryl methyl sites for hydroxylation is 1. The van der Waals surface area contributed by atoms with Gasteiger partial charge in [0.1, 0.15) is 11.6 Å². The average molecular weight is 227 g/mol. The van der Waals surface area contributed by atoms with Gasteiger partial charge in [-0.15, -0.1) is 0 Å². The van der Waals surface area contributed by atoms with Crippen molar-refractivity contribution in [2.45, 2.75) is 13.5 Å². The first-order chi connectivity index (χ1) is 8.19. The normalized spacial score (nSPS) is 9.88. The molecule has 0 unspecified atom stereocenters. The van der Waals surface area contributed by atoms with Crippen molar-refractivity contribution < 1.29 is 0 Å². The van der Waals surface area contributed by atoms with Crippen LogP contribution in [0.15, 0.2) is 24.3 Å². The van der Waals surface area contributed by atoms with Gasteiger partial charge < -0.3 is 16.0 Å². The van der Waals surface area contributed by atoms with Crippen molar-refractivity contribution >= 4 is 11.6 Å². The summed E-state index contributed by atoms with van der Waals surface area (Å²) in [4.78, 5) is 7.13. The maximum Gasteiger partial charge on any atom is 0.169 e. The number of nitrogens with zero attached hydrogens (tertiary/aromatic N) is 2. The van der Waals surface area contributed by atoms with Gasteiger partial charge in [0.25, 0.3) is 0 Å². The second-order valence-electron chi connectivity index (χ2n) is 3.75. The molecule has 0 radical (unpaired) electrons. The standard InChI is InChI=1S/C12H13N5/c1-8-16-11(14)12(17-8)15-7-10-4-2-3-9(5-10)6-13/h2-5,15H,7,14H2,1H3,(H,16,17). The van der Waals surface area contributed by atoms with E-state index in [0.29, 0.717) is 23.7 Å². The van der Waals surface area contributed by atoms with E-state index in [2.05, 4.69) is 21.4 Å². The van der Waals surface area contributed by atoms with E-state index < -0.39 is 0 Å². The Kier molecular flexibility index (Phi) is 2.97. The molecule has 0 atom stereocenters. The van der Waals surface area contributed by atoms with Gasteiger partial charge in [-0.1, -0.05) is 12.1 Å². The van der Waals surface area contributed by atoms with E-state index in [1.54, 1.807) is 6.07 Å². The lowest BCUT2D eigenvalue weighted by Crippen LogP contribution is -2.02. The summed E-state index contributed by atoms with van der Waals surface area (Å²) in [7, 11) is 0. The molecule has 86 valence electrons. The van der Waals surface area contributed by atoms with Gasteiger partial charge in [0.2, 0.25) is 0 Å². The smallest absolute Gasteiger partial charge is 0.169 e. The lowest BCUT2D eigenvalue weighted by Gasteiger charge is -2.04. The summed E-state index contributed by atoms with van der Waals surface area (Å²) in [5, 5.41) is 11.9. The monoisotopic (exact) mass is 227 g/mol. The zero-order valence-electron chi connectivity index (χ0n) is 9.49. The van der Waals surface area contributed by atoms with Crippen molar-refractivity contribution in [1.29, 1.82) is 5.26 Å². The van der Waals surface area contributed by atoms with Crippen molar-refractivity contribution in [3.8, 4) is 6.07 Å². The summed E-state index contributed by atoms with van der Waals surface area (Å²) < 4.78 is 0. The number of rotatable bonds is 3. The summed E-state index contributed by atoms with van der Waals surface area (Å²) in [5.74, 6) is 1.94. The van der Waals surface area contributed by atoms with Crippen LogP contribution < -0.4 is 11.1 Å². The molecule has 0 saturated carbocycles. The molecule has 0 bridgehead atoms. The second-order valence-corrected chi connectivity index (χ2v) is 3.75. The topological polar surface area (TPSA) is 90.5 Å². The average Bonchev–Trinajstić information content (AvgIpc) is 2.65. The van der Waals surface area contributed by atoms with Crippen LogP contribution in [0.3, 0.4) is 0 Å². The molecular weight excluding hydrogens is 214 g/mol.